The quantitative estimate of drug-likeness (QED) is 0.330. The van der Waals surface area contributed by atoms with Gasteiger partial charge in [-0.15, -0.1) is 0 Å². The first kappa shape index (κ1) is 12.9. The van der Waals surface area contributed by atoms with E-state index in [1.165, 1.54) is 13.2 Å². The Morgan fingerprint density at radius 2 is 2.18 bits per heavy atom. The maximum atomic E-state index is 11.5. The average molecular weight is 232 g/mol. The summed E-state index contributed by atoms with van der Waals surface area (Å²) in [6.07, 6.45) is 4.62. The van der Waals surface area contributed by atoms with Gasteiger partial charge in [-0.05, 0) is 23.8 Å². The van der Waals surface area contributed by atoms with Crippen LogP contribution in [-0.4, -0.2) is 31.3 Å². The van der Waals surface area contributed by atoms with Gasteiger partial charge in [0.15, 0.2) is 0 Å². The molecule has 0 fully saturated rings. The Bertz CT molecular complexity index is 435. The molecule has 5 heteroatoms. The van der Waals surface area contributed by atoms with Crippen LogP contribution in [-0.2, 0) is 14.3 Å². The van der Waals surface area contributed by atoms with E-state index >= 15 is 0 Å². The van der Waals surface area contributed by atoms with E-state index in [4.69, 9.17) is 14.7 Å². The van der Waals surface area contributed by atoms with Gasteiger partial charge in [0.25, 0.3) is 0 Å². The fourth-order valence-electron chi connectivity index (χ4n) is 1.06. The monoisotopic (exact) mass is 232 g/mol. The van der Waals surface area contributed by atoms with Gasteiger partial charge in [-0.3, -0.25) is 4.98 Å². The van der Waals surface area contributed by atoms with Crippen LogP contribution < -0.4 is 0 Å². The van der Waals surface area contributed by atoms with Gasteiger partial charge in [0.05, 0.1) is 6.61 Å². The molecule has 0 saturated heterocycles. The third kappa shape index (κ3) is 4.45. The number of ether oxygens (including phenoxy) is 2. The summed E-state index contributed by atoms with van der Waals surface area (Å²) < 4.78 is 9.57. The number of rotatable bonds is 5. The fraction of sp³-hybridized carbons (Fsp3) is 0.250. The van der Waals surface area contributed by atoms with Crippen LogP contribution in [0.3, 0.4) is 0 Å². The van der Waals surface area contributed by atoms with Crippen LogP contribution >= 0.6 is 0 Å². The molecule has 0 amide bonds. The molecule has 0 aliphatic rings. The molecular weight excluding hydrogens is 220 g/mol. The lowest BCUT2D eigenvalue weighted by Crippen LogP contribution is -2.11. The van der Waals surface area contributed by atoms with Crippen molar-refractivity contribution in [2.24, 2.45) is 0 Å². The SMILES string of the molecule is COCCOC(=O)C(C#N)=Cc1ccncc1. The number of nitriles is 1. The van der Waals surface area contributed by atoms with E-state index in [0.29, 0.717) is 6.61 Å². The van der Waals surface area contributed by atoms with Gasteiger partial charge < -0.3 is 9.47 Å². The van der Waals surface area contributed by atoms with Crippen LogP contribution in [0.2, 0.25) is 0 Å². The second kappa shape index (κ2) is 7.14. The molecule has 0 aromatic carbocycles. The van der Waals surface area contributed by atoms with E-state index in [2.05, 4.69) is 4.98 Å². The Morgan fingerprint density at radius 1 is 1.47 bits per heavy atom. The van der Waals surface area contributed by atoms with Gasteiger partial charge >= 0.3 is 5.97 Å². The molecule has 1 heterocycles. The first-order valence-corrected chi connectivity index (χ1v) is 4.96. The molecule has 0 saturated carbocycles. The Balaban J connectivity index is 2.69. The minimum Gasteiger partial charge on any atom is -0.459 e. The number of hydrogen-bond acceptors (Lipinski definition) is 5. The van der Waals surface area contributed by atoms with E-state index in [1.807, 2.05) is 0 Å². The zero-order valence-corrected chi connectivity index (χ0v) is 9.42. The van der Waals surface area contributed by atoms with Crippen molar-refractivity contribution in [2.45, 2.75) is 0 Å². The molecule has 0 atom stereocenters. The predicted molar refractivity (Wildman–Crippen MR) is 60.7 cm³/mol. The fourth-order valence-corrected chi connectivity index (χ4v) is 1.06. The zero-order valence-electron chi connectivity index (χ0n) is 9.42. The number of pyridine rings is 1. The smallest absolute Gasteiger partial charge is 0.348 e. The zero-order chi connectivity index (χ0) is 12.5. The van der Waals surface area contributed by atoms with Crippen LogP contribution in [0.5, 0.6) is 0 Å². The normalized spacial score (nSPS) is 10.7. The van der Waals surface area contributed by atoms with Crippen LogP contribution in [0.25, 0.3) is 6.08 Å². The van der Waals surface area contributed by atoms with Gasteiger partial charge in [0.1, 0.15) is 18.2 Å². The van der Waals surface area contributed by atoms with E-state index < -0.39 is 5.97 Å². The highest BCUT2D eigenvalue weighted by molar-refractivity contribution is 5.97. The van der Waals surface area contributed by atoms with Gasteiger partial charge in [-0.1, -0.05) is 0 Å². The number of methoxy groups -OCH3 is 1. The highest BCUT2D eigenvalue weighted by Gasteiger charge is 2.10. The lowest BCUT2D eigenvalue weighted by molar-refractivity contribution is -0.139. The molecule has 5 nitrogen and oxygen atoms in total. The molecule has 0 N–H and O–H groups in total. The number of carbonyl (C=O) groups excluding carboxylic acids is 1. The summed E-state index contributed by atoms with van der Waals surface area (Å²) in [6, 6.07) is 5.19. The van der Waals surface area contributed by atoms with Crippen molar-refractivity contribution in [2.75, 3.05) is 20.3 Å². The van der Waals surface area contributed by atoms with Gasteiger partial charge in [-0.2, -0.15) is 5.26 Å². The molecule has 0 aliphatic heterocycles. The van der Waals surface area contributed by atoms with Crippen molar-refractivity contribution in [3.05, 3.63) is 35.7 Å². The molecule has 0 unspecified atom stereocenters. The van der Waals surface area contributed by atoms with E-state index in [-0.39, 0.29) is 12.2 Å². The third-order valence-electron chi connectivity index (χ3n) is 1.88. The first-order valence-electron chi connectivity index (χ1n) is 4.96. The van der Waals surface area contributed by atoms with Gasteiger partial charge in [-0.25, -0.2) is 4.79 Å². The molecule has 0 bridgehead atoms. The molecule has 1 aromatic heterocycles. The minimum absolute atomic E-state index is 0.0488. The van der Waals surface area contributed by atoms with Crippen molar-refractivity contribution >= 4 is 12.0 Å². The molecular formula is C12H12N2O3. The van der Waals surface area contributed by atoms with Gasteiger partial charge in [0, 0.05) is 19.5 Å². The Morgan fingerprint density at radius 3 is 2.76 bits per heavy atom. The second-order valence-electron chi connectivity index (χ2n) is 3.08. The van der Waals surface area contributed by atoms with E-state index in [9.17, 15) is 4.79 Å². The summed E-state index contributed by atoms with van der Waals surface area (Å²) in [4.78, 5) is 15.3. The molecule has 1 rings (SSSR count). The number of aromatic nitrogens is 1. The number of nitrogens with zero attached hydrogens (tertiary/aromatic N) is 2. The van der Waals surface area contributed by atoms with Crippen molar-refractivity contribution in [3.8, 4) is 6.07 Å². The maximum Gasteiger partial charge on any atom is 0.348 e. The molecule has 0 radical (unpaired) electrons. The number of esters is 1. The van der Waals surface area contributed by atoms with Gasteiger partial charge in [0.2, 0.25) is 0 Å². The van der Waals surface area contributed by atoms with Crippen molar-refractivity contribution in [1.29, 1.82) is 5.26 Å². The minimum atomic E-state index is -0.652. The summed E-state index contributed by atoms with van der Waals surface area (Å²) in [6.45, 7) is 0.435. The van der Waals surface area contributed by atoms with E-state index in [0.717, 1.165) is 5.56 Å². The summed E-state index contributed by atoms with van der Waals surface area (Å²) in [5.74, 6) is -0.652. The van der Waals surface area contributed by atoms with Crippen LogP contribution in [0.4, 0.5) is 0 Å². The largest absolute Gasteiger partial charge is 0.459 e. The van der Waals surface area contributed by atoms with Crippen molar-refractivity contribution < 1.29 is 14.3 Å². The number of carbonyl (C=O) groups is 1. The lowest BCUT2D eigenvalue weighted by atomic mass is 10.2. The highest BCUT2D eigenvalue weighted by Crippen LogP contribution is 2.06. The topological polar surface area (TPSA) is 72.2 Å². The maximum absolute atomic E-state index is 11.5. The molecule has 17 heavy (non-hydrogen) atoms. The van der Waals surface area contributed by atoms with Crippen LogP contribution in [0.1, 0.15) is 5.56 Å². The highest BCUT2D eigenvalue weighted by atomic mass is 16.6. The van der Waals surface area contributed by atoms with Crippen LogP contribution in [0, 0.1) is 11.3 Å². The van der Waals surface area contributed by atoms with Crippen molar-refractivity contribution in [1.82, 2.24) is 4.98 Å². The lowest BCUT2D eigenvalue weighted by Gasteiger charge is -2.02. The summed E-state index contributed by atoms with van der Waals surface area (Å²) >= 11 is 0. The first-order chi connectivity index (χ1) is 8.27. The summed E-state index contributed by atoms with van der Waals surface area (Å²) in [5, 5.41) is 8.85. The number of hydrogen-bond donors (Lipinski definition) is 0. The average Bonchev–Trinajstić information content (AvgIpc) is 2.37. The standard InChI is InChI=1S/C12H12N2O3/c1-16-6-7-17-12(15)11(9-13)8-10-2-4-14-5-3-10/h2-5,8H,6-7H2,1H3. The molecule has 1 aromatic rings. The van der Waals surface area contributed by atoms with Crippen LogP contribution in [0.15, 0.2) is 30.1 Å². The molecule has 88 valence electrons. The third-order valence-corrected chi connectivity index (χ3v) is 1.88. The molecule has 0 aliphatic carbocycles. The second-order valence-corrected chi connectivity index (χ2v) is 3.08. The predicted octanol–water partition coefficient (Wildman–Crippen LogP) is 1.18. The Hall–Kier alpha value is -2.19. The molecule has 0 spiro atoms. The summed E-state index contributed by atoms with van der Waals surface area (Å²) in [5.41, 5.74) is 0.674. The van der Waals surface area contributed by atoms with Crippen molar-refractivity contribution in [3.63, 3.8) is 0 Å². The van der Waals surface area contributed by atoms with E-state index in [1.54, 1.807) is 30.6 Å². The summed E-state index contributed by atoms with van der Waals surface area (Å²) in [7, 11) is 1.51. The Labute approximate surface area is 99.3 Å². The Kier molecular flexibility index (Phi) is 5.41.